The maximum atomic E-state index is 13.6. The van der Waals surface area contributed by atoms with Crippen LogP contribution in [0.4, 0.5) is 22.7 Å². The fourth-order valence-corrected chi connectivity index (χ4v) is 3.34. The maximum absolute atomic E-state index is 13.6. The molecule has 1 heterocycles. The Balaban J connectivity index is 1.80. The van der Waals surface area contributed by atoms with E-state index < -0.39 is 23.5 Å². The molecule has 1 aromatic heterocycles. The van der Waals surface area contributed by atoms with Gasteiger partial charge < -0.3 is 0 Å². The van der Waals surface area contributed by atoms with Gasteiger partial charge >= 0.3 is 6.18 Å². The molecular weight excluding hydrogens is 394 g/mol. The van der Waals surface area contributed by atoms with Crippen molar-refractivity contribution < 1.29 is 22.4 Å². The lowest BCUT2D eigenvalue weighted by molar-refractivity contribution is -0.138. The summed E-state index contributed by atoms with van der Waals surface area (Å²) < 4.78 is 53.4. The molecule has 0 aliphatic rings. The SMILES string of the molecule is N#Cc1ccc(Cc2cnc(NC(=O)c3ccccc3F)s2)c(C(F)(F)F)c1. The molecular formula is C19H11F4N3OS. The molecule has 0 aliphatic heterocycles. The lowest BCUT2D eigenvalue weighted by Crippen LogP contribution is -2.13. The molecule has 0 fully saturated rings. The van der Waals surface area contributed by atoms with Crippen LogP contribution >= 0.6 is 11.3 Å². The van der Waals surface area contributed by atoms with Crippen molar-refractivity contribution in [3.05, 3.63) is 81.6 Å². The normalized spacial score (nSPS) is 11.1. The molecule has 4 nitrogen and oxygen atoms in total. The van der Waals surface area contributed by atoms with E-state index in [4.69, 9.17) is 5.26 Å². The Bertz CT molecular complexity index is 1070. The summed E-state index contributed by atoms with van der Waals surface area (Å²) in [4.78, 5) is 16.5. The molecule has 0 aliphatic carbocycles. The highest BCUT2D eigenvalue weighted by atomic mass is 32.1. The van der Waals surface area contributed by atoms with Crippen molar-refractivity contribution in [3.8, 4) is 6.07 Å². The van der Waals surface area contributed by atoms with Crippen molar-refractivity contribution in [1.82, 2.24) is 4.98 Å². The minimum Gasteiger partial charge on any atom is -0.298 e. The monoisotopic (exact) mass is 405 g/mol. The fourth-order valence-electron chi connectivity index (χ4n) is 2.51. The topological polar surface area (TPSA) is 65.8 Å². The molecule has 0 unspecified atom stereocenters. The lowest BCUT2D eigenvalue weighted by atomic mass is 10.0. The molecule has 28 heavy (non-hydrogen) atoms. The average molecular weight is 405 g/mol. The number of alkyl halides is 3. The van der Waals surface area contributed by atoms with Gasteiger partial charge in [0.2, 0.25) is 0 Å². The minimum absolute atomic E-state index is 0.0119. The van der Waals surface area contributed by atoms with E-state index in [1.807, 2.05) is 0 Å². The van der Waals surface area contributed by atoms with Gasteiger partial charge in [-0.05, 0) is 29.8 Å². The van der Waals surface area contributed by atoms with Gasteiger partial charge in [0.1, 0.15) is 5.82 Å². The number of carbonyl (C=O) groups excluding carboxylic acids is 1. The number of nitriles is 1. The maximum Gasteiger partial charge on any atom is 0.416 e. The summed E-state index contributed by atoms with van der Waals surface area (Å²) >= 11 is 0.988. The average Bonchev–Trinajstić information content (AvgIpc) is 3.08. The number of rotatable bonds is 4. The van der Waals surface area contributed by atoms with E-state index in [9.17, 15) is 22.4 Å². The van der Waals surface area contributed by atoms with Crippen molar-refractivity contribution in [1.29, 1.82) is 5.26 Å². The number of thiazole rings is 1. The molecule has 3 aromatic rings. The van der Waals surface area contributed by atoms with E-state index in [0.717, 1.165) is 23.5 Å². The van der Waals surface area contributed by atoms with Crippen LogP contribution in [0, 0.1) is 17.1 Å². The van der Waals surface area contributed by atoms with E-state index in [2.05, 4.69) is 10.3 Å². The second-order valence-corrected chi connectivity index (χ2v) is 6.84. The number of nitrogens with zero attached hydrogens (tertiary/aromatic N) is 2. The van der Waals surface area contributed by atoms with Crippen LogP contribution in [0.1, 0.15) is 31.9 Å². The van der Waals surface area contributed by atoms with Gasteiger partial charge in [-0.25, -0.2) is 9.37 Å². The second-order valence-electron chi connectivity index (χ2n) is 5.72. The van der Waals surface area contributed by atoms with E-state index in [1.165, 1.54) is 36.5 Å². The minimum atomic E-state index is -4.60. The molecule has 0 atom stereocenters. The van der Waals surface area contributed by atoms with Gasteiger partial charge in [0.05, 0.1) is 22.8 Å². The summed E-state index contributed by atoms with van der Waals surface area (Å²) in [6, 6.07) is 10.5. The lowest BCUT2D eigenvalue weighted by Gasteiger charge is -2.12. The Morgan fingerprint density at radius 3 is 2.64 bits per heavy atom. The van der Waals surface area contributed by atoms with E-state index >= 15 is 0 Å². The number of amides is 1. The van der Waals surface area contributed by atoms with Gasteiger partial charge in [-0.1, -0.05) is 18.2 Å². The van der Waals surface area contributed by atoms with Crippen LogP contribution in [0.3, 0.4) is 0 Å². The van der Waals surface area contributed by atoms with Gasteiger partial charge in [0.25, 0.3) is 5.91 Å². The van der Waals surface area contributed by atoms with Crippen LogP contribution in [0.15, 0.2) is 48.7 Å². The van der Waals surface area contributed by atoms with E-state index in [0.29, 0.717) is 4.88 Å². The number of hydrogen-bond acceptors (Lipinski definition) is 4. The van der Waals surface area contributed by atoms with Crippen LogP contribution < -0.4 is 5.32 Å². The number of nitrogens with one attached hydrogen (secondary N) is 1. The standard InChI is InChI=1S/C19H11F4N3OS/c20-16-4-2-1-3-14(16)17(27)26-18-25-10-13(28-18)8-12-6-5-11(9-24)7-15(12)19(21,22)23/h1-7,10H,8H2,(H,25,26,27). The van der Waals surface area contributed by atoms with Gasteiger partial charge in [-0.3, -0.25) is 10.1 Å². The summed E-state index contributed by atoms with van der Waals surface area (Å²) in [6.45, 7) is 0. The van der Waals surface area contributed by atoms with Crippen molar-refractivity contribution in [2.24, 2.45) is 0 Å². The zero-order valence-corrected chi connectivity index (χ0v) is 14.9. The second kappa shape index (κ2) is 7.78. The zero-order chi connectivity index (χ0) is 20.3. The number of aromatic nitrogens is 1. The first-order valence-electron chi connectivity index (χ1n) is 7.88. The number of benzene rings is 2. The third-order valence-corrected chi connectivity index (χ3v) is 4.71. The van der Waals surface area contributed by atoms with Crippen LogP contribution in [0.2, 0.25) is 0 Å². The Morgan fingerprint density at radius 1 is 1.21 bits per heavy atom. The smallest absolute Gasteiger partial charge is 0.298 e. The van der Waals surface area contributed by atoms with Gasteiger partial charge in [0.15, 0.2) is 5.13 Å². The van der Waals surface area contributed by atoms with Crippen molar-refractivity contribution in [3.63, 3.8) is 0 Å². The molecule has 0 bridgehead atoms. The summed E-state index contributed by atoms with van der Waals surface area (Å²) in [5, 5.41) is 11.4. The number of halogens is 4. The molecule has 2 aromatic carbocycles. The van der Waals surface area contributed by atoms with Crippen molar-refractivity contribution in [2.75, 3.05) is 5.32 Å². The quantitative estimate of drug-likeness (QED) is 0.620. The highest BCUT2D eigenvalue weighted by molar-refractivity contribution is 7.15. The van der Waals surface area contributed by atoms with Crippen molar-refractivity contribution >= 4 is 22.4 Å². The zero-order valence-electron chi connectivity index (χ0n) is 14.0. The molecule has 142 valence electrons. The molecule has 0 radical (unpaired) electrons. The van der Waals surface area contributed by atoms with Crippen LogP contribution in [0.25, 0.3) is 0 Å². The Labute approximate surface area is 161 Å². The Morgan fingerprint density at radius 2 is 1.96 bits per heavy atom. The molecule has 1 N–H and O–H groups in total. The predicted octanol–water partition coefficient (Wildman–Crippen LogP) is 5.02. The highest BCUT2D eigenvalue weighted by Crippen LogP contribution is 2.34. The number of hydrogen-bond donors (Lipinski definition) is 1. The Hall–Kier alpha value is -3.25. The summed E-state index contributed by atoms with van der Waals surface area (Å²) in [5.41, 5.74) is -1.15. The molecule has 0 saturated heterocycles. The Kier molecular flexibility index (Phi) is 5.42. The van der Waals surface area contributed by atoms with Crippen LogP contribution in [-0.4, -0.2) is 10.9 Å². The first kappa shape index (κ1) is 19.5. The molecule has 1 amide bonds. The first-order valence-corrected chi connectivity index (χ1v) is 8.70. The predicted molar refractivity (Wildman–Crippen MR) is 95.4 cm³/mol. The molecule has 9 heteroatoms. The molecule has 0 spiro atoms. The van der Waals surface area contributed by atoms with Gasteiger partial charge in [-0.15, -0.1) is 11.3 Å². The van der Waals surface area contributed by atoms with E-state index in [1.54, 1.807) is 6.07 Å². The number of anilines is 1. The van der Waals surface area contributed by atoms with E-state index in [-0.39, 0.29) is 28.2 Å². The third kappa shape index (κ3) is 4.35. The summed E-state index contributed by atoms with van der Waals surface area (Å²) in [6.07, 6.45) is -3.33. The summed E-state index contributed by atoms with van der Waals surface area (Å²) in [7, 11) is 0. The fraction of sp³-hybridized carbons (Fsp3) is 0.105. The third-order valence-electron chi connectivity index (χ3n) is 3.80. The highest BCUT2D eigenvalue weighted by Gasteiger charge is 2.33. The van der Waals surface area contributed by atoms with Crippen LogP contribution in [0.5, 0.6) is 0 Å². The van der Waals surface area contributed by atoms with Crippen LogP contribution in [-0.2, 0) is 12.6 Å². The first-order chi connectivity index (χ1) is 13.3. The summed E-state index contributed by atoms with van der Waals surface area (Å²) in [5.74, 6) is -1.39. The van der Waals surface area contributed by atoms with Gasteiger partial charge in [0, 0.05) is 17.5 Å². The van der Waals surface area contributed by atoms with Crippen molar-refractivity contribution in [2.45, 2.75) is 12.6 Å². The molecule has 0 saturated carbocycles. The largest absolute Gasteiger partial charge is 0.416 e. The number of carbonyl (C=O) groups is 1. The van der Waals surface area contributed by atoms with Gasteiger partial charge in [-0.2, -0.15) is 18.4 Å². The molecule has 3 rings (SSSR count).